The minimum absolute atomic E-state index is 0.247. The molecule has 2 fully saturated rings. The summed E-state index contributed by atoms with van der Waals surface area (Å²) in [6, 6.07) is 14.8. The molecule has 0 bridgehead atoms. The zero-order chi connectivity index (χ0) is 21.2. The maximum Gasteiger partial charge on any atom is 0.416 e. The van der Waals surface area contributed by atoms with E-state index in [-0.39, 0.29) is 11.4 Å². The predicted octanol–water partition coefficient (Wildman–Crippen LogP) is 5.23. The van der Waals surface area contributed by atoms with Gasteiger partial charge in [-0.3, -0.25) is 4.90 Å². The summed E-state index contributed by atoms with van der Waals surface area (Å²) in [5.41, 5.74) is 1.24. The smallest absolute Gasteiger partial charge is 0.324 e. The van der Waals surface area contributed by atoms with Crippen molar-refractivity contribution in [3.63, 3.8) is 0 Å². The lowest BCUT2D eigenvalue weighted by Gasteiger charge is -2.39. The van der Waals surface area contributed by atoms with Gasteiger partial charge in [0, 0.05) is 31.9 Å². The van der Waals surface area contributed by atoms with Crippen molar-refractivity contribution in [3.8, 4) is 0 Å². The number of urea groups is 1. The van der Waals surface area contributed by atoms with Crippen LogP contribution in [-0.4, -0.2) is 42.0 Å². The minimum Gasteiger partial charge on any atom is -0.324 e. The van der Waals surface area contributed by atoms with Crippen LogP contribution >= 0.6 is 0 Å². The number of alkyl halides is 3. The Morgan fingerprint density at radius 1 is 0.933 bits per heavy atom. The number of likely N-dealkylation sites (tertiary alicyclic amines) is 2. The van der Waals surface area contributed by atoms with Crippen LogP contribution in [-0.2, 0) is 12.7 Å². The van der Waals surface area contributed by atoms with E-state index in [2.05, 4.69) is 34.5 Å². The third-order valence-electron chi connectivity index (χ3n) is 6.34. The average Bonchev–Trinajstić information content (AvgIpc) is 3.11. The second-order valence-corrected chi connectivity index (χ2v) is 8.44. The Morgan fingerprint density at radius 3 is 2.20 bits per heavy atom. The number of rotatable bonds is 3. The molecule has 0 atom stereocenters. The molecule has 0 unspecified atom stereocenters. The van der Waals surface area contributed by atoms with Gasteiger partial charge in [0.15, 0.2) is 0 Å². The number of amides is 2. The fourth-order valence-corrected chi connectivity index (χ4v) is 4.54. The normalized spacial score (nSPS) is 19.2. The number of anilines is 1. The Hall–Kier alpha value is -2.54. The number of carbonyl (C=O) groups excluding carboxylic acids is 1. The molecule has 2 aromatic rings. The van der Waals surface area contributed by atoms with E-state index >= 15 is 0 Å². The van der Waals surface area contributed by atoms with Crippen LogP contribution in [0.2, 0.25) is 0 Å². The van der Waals surface area contributed by atoms with Crippen molar-refractivity contribution >= 4 is 11.7 Å². The number of benzene rings is 2. The summed E-state index contributed by atoms with van der Waals surface area (Å²) in [6.07, 6.45) is -1.31. The van der Waals surface area contributed by atoms with E-state index in [1.807, 2.05) is 6.07 Å². The van der Waals surface area contributed by atoms with Gasteiger partial charge in [-0.2, -0.15) is 13.2 Å². The van der Waals surface area contributed by atoms with Crippen molar-refractivity contribution in [1.82, 2.24) is 9.80 Å². The molecule has 0 aromatic heterocycles. The summed E-state index contributed by atoms with van der Waals surface area (Å²) < 4.78 is 38.0. The predicted molar refractivity (Wildman–Crippen MR) is 110 cm³/mol. The molecule has 4 nitrogen and oxygen atoms in total. The summed E-state index contributed by atoms with van der Waals surface area (Å²) in [7, 11) is 0. The molecule has 4 rings (SSSR count). The Kier molecular flexibility index (Phi) is 5.73. The Morgan fingerprint density at radius 2 is 1.57 bits per heavy atom. The van der Waals surface area contributed by atoms with Crippen LogP contribution in [0.3, 0.4) is 0 Å². The third-order valence-corrected chi connectivity index (χ3v) is 6.34. The molecule has 1 N–H and O–H groups in total. The second-order valence-electron chi connectivity index (χ2n) is 8.44. The monoisotopic (exact) mass is 417 g/mol. The Labute approximate surface area is 174 Å². The van der Waals surface area contributed by atoms with Crippen molar-refractivity contribution in [2.24, 2.45) is 5.41 Å². The fourth-order valence-electron chi connectivity index (χ4n) is 4.54. The van der Waals surface area contributed by atoms with Gasteiger partial charge in [0.25, 0.3) is 0 Å². The molecule has 30 heavy (non-hydrogen) atoms. The van der Waals surface area contributed by atoms with Crippen molar-refractivity contribution < 1.29 is 18.0 Å². The van der Waals surface area contributed by atoms with Gasteiger partial charge in [-0.15, -0.1) is 0 Å². The van der Waals surface area contributed by atoms with Gasteiger partial charge in [-0.25, -0.2) is 4.79 Å². The van der Waals surface area contributed by atoms with Crippen molar-refractivity contribution in [3.05, 3.63) is 65.7 Å². The Bertz CT molecular complexity index is 860. The average molecular weight is 417 g/mol. The first-order valence-electron chi connectivity index (χ1n) is 10.3. The number of hydrogen-bond acceptors (Lipinski definition) is 2. The van der Waals surface area contributed by atoms with Crippen LogP contribution in [0.5, 0.6) is 0 Å². The molecule has 2 saturated heterocycles. The van der Waals surface area contributed by atoms with Crippen LogP contribution in [0, 0.1) is 5.41 Å². The largest absolute Gasteiger partial charge is 0.416 e. The molecule has 2 heterocycles. The summed E-state index contributed by atoms with van der Waals surface area (Å²) in [5, 5.41) is 2.72. The molecule has 0 aliphatic carbocycles. The molecular weight excluding hydrogens is 391 g/mol. The van der Waals surface area contributed by atoms with Gasteiger partial charge in [0.1, 0.15) is 0 Å². The van der Waals surface area contributed by atoms with Crippen LogP contribution in [0.1, 0.15) is 30.4 Å². The van der Waals surface area contributed by atoms with Crippen molar-refractivity contribution in [1.29, 1.82) is 0 Å². The number of nitrogens with zero attached hydrogens (tertiary/aromatic N) is 2. The standard InChI is InChI=1S/C23H26F3N3O/c24-23(25,26)19-6-8-20(9-7-19)27-21(30)29-14-11-22(12-15-29)10-13-28(17-22)16-18-4-2-1-3-5-18/h1-9H,10-17H2,(H,27,30). The topological polar surface area (TPSA) is 35.6 Å². The number of hydrogen-bond donors (Lipinski definition) is 1. The molecule has 0 radical (unpaired) electrons. The number of piperidine rings is 1. The molecule has 1 spiro atoms. The van der Waals surface area contributed by atoms with E-state index in [9.17, 15) is 18.0 Å². The molecule has 160 valence electrons. The van der Waals surface area contributed by atoms with E-state index < -0.39 is 11.7 Å². The molecule has 0 saturated carbocycles. The molecule has 2 amide bonds. The summed E-state index contributed by atoms with van der Waals surface area (Å²) in [6.45, 7) is 4.43. The van der Waals surface area contributed by atoms with Crippen LogP contribution < -0.4 is 5.32 Å². The van der Waals surface area contributed by atoms with E-state index in [4.69, 9.17) is 0 Å². The molecular formula is C23H26F3N3O. The van der Waals surface area contributed by atoms with Gasteiger partial charge in [0.2, 0.25) is 0 Å². The first-order valence-corrected chi connectivity index (χ1v) is 10.3. The molecule has 2 aliphatic rings. The lowest BCUT2D eigenvalue weighted by atomic mass is 9.78. The van der Waals surface area contributed by atoms with E-state index in [1.54, 1.807) is 4.90 Å². The first kappa shape index (κ1) is 20.7. The summed E-state index contributed by atoms with van der Waals surface area (Å²) in [5.74, 6) is 0. The van der Waals surface area contributed by atoms with E-state index in [1.165, 1.54) is 17.7 Å². The number of carbonyl (C=O) groups is 1. The van der Waals surface area contributed by atoms with Gasteiger partial charge in [0.05, 0.1) is 5.56 Å². The lowest BCUT2D eigenvalue weighted by molar-refractivity contribution is -0.137. The highest BCUT2D eigenvalue weighted by Crippen LogP contribution is 2.41. The van der Waals surface area contributed by atoms with Gasteiger partial charge >= 0.3 is 12.2 Å². The highest BCUT2D eigenvalue weighted by Gasteiger charge is 2.41. The van der Waals surface area contributed by atoms with E-state index in [0.717, 1.165) is 51.0 Å². The molecule has 2 aromatic carbocycles. The van der Waals surface area contributed by atoms with Crippen LogP contribution in [0.4, 0.5) is 23.7 Å². The van der Waals surface area contributed by atoms with Gasteiger partial charge in [-0.05, 0) is 61.1 Å². The van der Waals surface area contributed by atoms with Crippen molar-refractivity contribution in [2.45, 2.75) is 32.0 Å². The maximum absolute atomic E-state index is 12.7. The zero-order valence-electron chi connectivity index (χ0n) is 16.8. The maximum atomic E-state index is 12.7. The highest BCUT2D eigenvalue weighted by molar-refractivity contribution is 5.89. The number of nitrogens with one attached hydrogen (secondary N) is 1. The van der Waals surface area contributed by atoms with Gasteiger partial charge in [-0.1, -0.05) is 30.3 Å². The second kappa shape index (κ2) is 8.30. The minimum atomic E-state index is -4.38. The highest BCUT2D eigenvalue weighted by atomic mass is 19.4. The third kappa shape index (κ3) is 4.78. The van der Waals surface area contributed by atoms with E-state index in [0.29, 0.717) is 18.8 Å². The van der Waals surface area contributed by atoms with Crippen LogP contribution in [0.15, 0.2) is 54.6 Å². The van der Waals surface area contributed by atoms with Crippen LogP contribution in [0.25, 0.3) is 0 Å². The first-order chi connectivity index (χ1) is 14.3. The lowest BCUT2D eigenvalue weighted by Crippen LogP contribution is -2.45. The SMILES string of the molecule is O=C(Nc1ccc(C(F)(F)F)cc1)N1CCC2(CCN(Cc3ccccc3)C2)CC1. The molecule has 7 heteroatoms. The fraction of sp³-hybridized carbons (Fsp3) is 0.435. The van der Waals surface area contributed by atoms with Gasteiger partial charge < -0.3 is 10.2 Å². The zero-order valence-corrected chi connectivity index (χ0v) is 16.8. The quantitative estimate of drug-likeness (QED) is 0.743. The number of halogens is 3. The Balaban J connectivity index is 1.27. The summed E-state index contributed by atoms with van der Waals surface area (Å²) >= 11 is 0. The molecule has 2 aliphatic heterocycles. The summed E-state index contributed by atoms with van der Waals surface area (Å²) in [4.78, 5) is 16.8. The van der Waals surface area contributed by atoms with Crippen molar-refractivity contribution in [2.75, 3.05) is 31.5 Å².